The highest BCUT2D eigenvalue weighted by Gasteiger charge is 2.09. The number of fused-ring (bicyclic) bond motifs is 1. The fraction of sp³-hybridized carbons (Fsp3) is 0.143. The van der Waals surface area contributed by atoms with Crippen LogP contribution in [0.4, 0.5) is 4.39 Å². The van der Waals surface area contributed by atoms with E-state index in [-0.39, 0.29) is 10.8 Å². The van der Waals surface area contributed by atoms with Crippen LogP contribution in [0, 0.1) is 5.82 Å². The molecule has 2 heterocycles. The van der Waals surface area contributed by atoms with Crippen LogP contribution in [0.15, 0.2) is 65.7 Å². The number of nitrogens with zero attached hydrogens (tertiary/aromatic N) is 2. The van der Waals surface area contributed by atoms with Crippen molar-refractivity contribution in [2.75, 3.05) is 0 Å². The van der Waals surface area contributed by atoms with Gasteiger partial charge in [-0.15, -0.1) is 11.8 Å². The molecule has 1 N–H and O–H groups in total. The Balaban J connectivity index is 0.00000102. The summed E-state index contributed by atoms with van der Waals surface area (Å²) in [6, 6.07) is 16.7. The molecule has 0 aliphatic heterocycles. The van der Waals surface area contributed by atoms with Gasteiger partial charge in [0, 0.05) is 16.8 Å². The van der Waals surface area contributed by atoms with Gasteiger partial charge in [0.05, 0.1) is 16.1 Å². The molecular weight excluding hydrogens is 381 g/mol. The number of nitrogens with one attached hydrogen (secondary N) is 1. The molecule has 2 aromatic carbocycles. The lowest BCUT2D eigenvalue weighted by atomic mass is 10.2. The van der Waals surface area contributed by atoms with Gasteiger partial charge in [0.15, 0.2) is 5.82 Å². The number of imidazole rings is 1. The Kier molecular flexibility index (Phi) is 6.48. The maximum Gasteiger partial charge on any atom is 0.157 e. The average Bonchev–Trinajstić information content (AvgIpc) is 3.15. The van der Waals surface area contributed by atoms with Crippen LogP contribution in [0.25, 0.3) is 22.6 Å². The van der Waals surface area contributed by atoms with Crippen LogP contribution >= 0.6 is 23.4 Å². The van der Waals surface area contributed by atoms with E-state index in [1.54, 1.807) is 36.2 Å². The highest BCUT2D eigenvalue weighted by molar-refractivity contribution is 7.98. The lowest BCUT2D eigenvalue weighted by Gasteiger charge is -2.04. The first kappa shape index (κ1) is 19.4. The third kappa shape index (κ3) is 4.49. The van der Waals surface area contributed by atoms with E-state index >= 15 is 0 Å². The first-order valence-electron chi connectivity index (χ1n) is 8.67. The van der Waals surface area contributed by atoms with Crippen molar-refractivity contribution in [2.24, 2.45) is 0 Å². The van der Waals surface area contributed by atoms with E-state index in [0.29, 0.717) is 11.3 Å². The van der Waals surface area contributed by atoms with E-state index in [9.17, 15) is 4.39 Å². The van der Waals surface area contributed by atoms with Crippen molar-refractivity contribution in [3.05, 3.63) is 77.2 Å². The summed E-state index contributed by atoms with van der Waals surface area (Å²) in [6.07, 6.45) is 1.74. The zero-order chi connectivity index (χ0) is 19.2. The van der Waals surface area contributed by atoms with Crippen LogP contribution in [0.2, 0.25) is 5.02 Å². The Morgan fingerprint density at radius 2 is 1.93 bits per heavy atom. The van der Waals surface area contributed by atoms with Crippen LogP contribution < -0.4 is 0 Å². The summed E-state index contributed by atoms with van der Waals surface area (Å²) >= 11 is 7.39. The Labute approximate surface area is 167 Å². The van der Waals surface area contributed by atoms with E-state index < -0.39 is 0 Å². The second kappa shape index (κ2) is 9.02. The standard InChI is InChI=1S/C19H13ClFN3S.C2H6/c20-14-5-3-4-12(18(14)21)11-25-13-7-8-15-17(10-13)24-19(23-15)16-6-1-2-9-22-16;1-2/h1-10H,11H2,(H,23,24);1-2H3. The lowest BCUT2D eigenvalue weighted by molar-refractivity contribution is 0.618. The molecular formula is C21H19ClFN3S. The largest absolute Gasteiger partial charge is 0.337 e. The number of hydrogen-bond acceptors (Lipinski definition) is 3. The predicted molar refractivity (Wildman–Crippen MR) is 112 cm³/mol. The number of aromatic amines is 1. The number of halogens is 2. The maximum absolute atomic E-state index is 14.0. The Hall–Kier alpha value is -2.37. The van der Waals surface area contributed by atoms with Gasteiger partial charge in [-0.05, 0) is 42.0 Å². The van der Waals surface area contributed by atoms with Gasteiger partial charge in [-0.3, -0.25) is 4.98 Å². The highest BCUT2D eigenvalue weighted by Crippen LogP contribution is 2.29. The van der Waals surface area contributed by atoms with Gasteiger partial charge < -0.3 is 4.98 Å². The van der Waals surface area contributed by atoms with Gasteiger partial charge in [-0.1, -0.05) is 43.6 Å². The third-order valence-electron chi connectivity index (χ3n) is 3.79. The number of thioether (sulfide) groups is 1. The van der Waals surface area contributed by atoms with Gasteiger partial charge in [0.25, 0.3) is 0 Å². The Morgan fingerprint density at radius 1 is 1.07 bits per heavy atom. The number of rotatable bonds is 4. The second-order valence-corrected chi connectivity index (χ2v) is 6.94. The smallest absolute Gasteiger partial charge is 0.157 e. The number of aromatic nitrogens is 3. The van der Waals surface area contributed by atoms with E-state index in [2.05, 4.69) is 15.0 Å². The molecule has 0 saturated carbocycles. The van der Waals surface area contributed by atoms with Crippen LogP contribution in [-0.2, 0) is 5.75 Å². The summed E-state index contributed by atoms with van der Waals surface area (Å²) in [7, 11) is 0. The van der Waals surface area contributed by atoms with Crippen LogP contribution in [0.3, 0.4) is 0 Å². The van der Waals surface area contributed by atoms with Crippen LogP contribution in [0.5, 0.6) is 0 Å². The van der Waals surface area contributed by atoms with Crippen molar-refractivity contribution >= 4 is 34.4 Å². The summed E-state index contributed by atoms with van der Waals surface area (Å²) in [5, 5.41) is 0.155. The minimum absolute atomic E-state index is 0.155. The summed E-state index contributed by atoms with van der Waals surface area (Å²) in [5.74, 6) is 0.898. The van der Waals surface area contributed by atoms with Crippen molar-refractivity contribution in [3.8, 4) is 11.5 Å². The van der Waals surface area contributed by atoms with E-state index in [0.717, 1.165) is 27.4 Å². The van der Waals surface area contributed by atoms with Gasteiger partial charge >= 0.3 is 0 Å². The summed E-state index contributed by atoms with van der Waals surface area (Å²) < 4.78 is 14.0. The lowest BCUT2D eigenvalue weighted by Crippen LogP contribution is -1.88. The molecule has 4 rings (SSSR count). The number of H-pyrrole nitrogens is 1. The van der Waals surface area contributed by atoms with E-state index in [1.807, 2.05) is 50.2 Å². The number of benzene rings is 2. The molecule has 0 atom stereocenters. The summed E-state index contributed by atoms with van der Waals surface area (Å²) in [6.45, 7) is 4.00. The van der Waals surface area contributed by atoms with E-state index in [4.69, 9.17) is 11.6 Å². The van der Waals surface area contributed by atoms with Crippen LogP contribution in [0.1, 0.15) is 19.4 Å². The molecule has 0 radical (unpaired) electrons. The second-order valence-electron chi connectivity index (χ2n) is 5.48. The zero-order valence-corrected chi connectivity index (χ0v) is 16.6. The van der Waals surface area contributed by atoms with Crippen molar-refractivity contribution in [2.45, 2.75) is 24.5 Å². The molecule has 3 nitrogen and oxygen atoms in total. The molecule has 0 fully saturated rings. The molecule has 0 saturated heterocycles. The van der Waals surface area contributed by atoms with Crippen LogP contribution in [-0.4, -0.2) is 15.0 Å². The molecule has 0 spiro atoms. The summed E-state index contributed by atoms with van der Waals surface area (Å²) in [5.41, 5.74) is 3.20. The molecule has 138 valence electrons. The Bertz CT molecular complexity index is 1030. The maximum atomic E-state index is 14.0. The Morgan fingerprint density at radius 3 is 2.70 bits per heavy atom. The molecule has 0 aliphatic carbocycles. The molecule has 0 unspecified atom stereocenters. The third-order valence-corrected chi connectivity index (χ3v) is 5.12. The quantitative estimate of drug-likeness (QED) is 0.386. The molecule has 0 bridgehead atoms. The normalized spacial score (nSPS) is 10.5. The first-order valence-corrected chi connectivity index (χ1v) is 10.0. The molecule has 0 aliphatic rings. The van der Waals surface area contributed by atoms with Gasteiger partial charge in [0.1, 0.15) is 11.5 Å². The van der Waals surface area contributed by atoms with Gasteiger partial charge in [0.2, 0.25) is 0 Å². The van der Waals surface area contributed by atoms with Gasteiger partial charge in [-0.25, -0.2) is 9.37 Å². The first-order chi connectivity index (χ1) is 13.2. The fourth-order valence-electron chi connectivity index (χ4n) is 2.52. The van der Waals surface area contributed by atoms with Gasteiger partial charge in [-0.2, -0.15) is 0 Å². The average molecular weight is 400 g/mol. The molecule has 27 heavy (non-hydrogen) atoms. The molecule has 0 amide bonds. The van der Waals surface area contributed by atoms with Crippen molar-refractivity contribution < 1.29 is 4.39 Å². The monoisotopic (exact) mass is 399 g/mol. The molecule has 2 aromatic heterocycles. The number of hydrogen-bond donors (Lipinski definition) is 1. The molecule has 6 heteroatoms. The predicted octanol–water partition coefficient (Wildman–Crippen LogP) is 6.74. The topological polar surface area (TPSA) is 41.6 Å². The van der Waals surface area contributed by atoms with E-state index in [1.165, 1.54) is 0 Å². The molecule has 4 aromatic rings. The zero-order valence-electron chi connectivity index (χ0n) is 15.0. The fourth-order valence-corrected chi connectivity index (χ4v) is 3.63. The minimum atomic E-state index is -0.350. The van der Waals surface area contributed by atoms with Crippen molar-refractivity contribution in [1.29, 1.82) is 0 Å². The minimum Gasteiger partial charge on any atom is -0.337 e. The SMILES string of the molecule is CC.Fc1c(Cl)cccc1CSc1ccc2nc(-c3ccccn3)[nH]c2c1. The van der Waals surface area contributed by atoms with Crippen molar-refractivity contribution in [1.82, 2.24) is 15.0 Å². The van der Waals surface area contributed by atoms with Crippen molar-refractivity contribution in [3.63, 3.8) is 0 Å². The number of pyridine rings is 1. The summed E-state index contributed by atoms with van der Waals surface area (Å²) in [4.78, 5) is 13.2. The highest BCUT2D eigenvalue weighted by atomic mass is 35.5.